The highest BCUT2D eigenvalue weighted by molar-refractivity contribution is 7.89. The van der Waals surface area contributed by atoms with Crippen LogP contribution in [-0.2, 0) is 19.5 Å². The Morgan fingerprint density at radius 1 is 1.06 bits per heavy atom. The molecule has 0 spiro atoms. The molecule has 1 amide bonds. The number of carbonyl (C=O) groups is 1. The summed E-state index contributed by atoms with van der Waals surface area (Å²) in [5.74, 6) is -0.454. The molecule has 33 heavy (non-hydrogen) atoms. The Kier molecular flexibility index (Phi) is 8.29. The summed E-state index contributed by atoms with van der Waals surface area (Å²) in [6.45, 7) is 4.24. The number of halogens is 2. The van der Waals surface area contributed by atoms with Crippen molar-refractivity contribution in [3.05, 3.63) is 50.1 Å². The first-order valence-electron chi connectivity index (χ1n) is 10.6. The van der Waals surface area contributed by atoms with E-state index >= 15 is 0 Å². The quantitative estimate of drug-likeness (QED) is 0.588. The number of nitrogens with zero attached hydrogens (tertiary/aromatic N) is 2. The fourth-order valence-electron chi connectivity index (χ4n) is 3.89. The summed E-state index contributed by atoms with van der Waals surface area (Å²) in [5.41, 5.74) is 0.0693. The van der Waals surface area contributed by atoms with Crippen LogP contribution < -0.4 is 5.32 Å². The van der Waals surface area contributed by atoms with Crippen LogP contribution in [0.4, 0.5) is 0 Å². The molecule has 0 unspecified atom stereocenters. The van der Waals surface area contributed by atoms with Crippen LogP contribution >= 0.6 is 34.5 Å². The lowest BCUT2D eigenvalue weighted by atomic mass is 10.1. The number of hydrogen-bond donors (Lipinski definition) is 1. The van der Waals surface area contributed by atoms with Gasteiger partial charge in [-0.15, -0.1) is 11.3 Å². The number of carbonyl (C=O) groups excluding carboxylic acids is 1. The molecular formula is C21H25Cl2N3O5S2. The number of morpholine rings is 2. The van der Waals surface area contributed by atoms with Crippen molar-refractivity contribution < 1.29 is 22.7 Å². The van der Waals surface area contributed by atoms with E-state index < -0.39 is 15.9 Å². The van der Waals surface area contributed by atoms with E-state index in [9.17, 15) is 13.2 Å². The van der Waals surface area contributed by atoms with E-state index in [-0.39, 0.29) is 39.6 Å². The molecule has 12 heteroatoms. The molecule has 0 radical (unpaired) electrons. The van der Waals surface area contributed by atoms with Gasteiger partial charge in [0.05, 0.1) is 48.1 Å². The zero-order valence-electron chi connectivity index (χ0n) is 17.8. The van der Waals surface area contributed by atoms with Crippen LogP contribution in [0, 0.1) is 0 Å². The Labute approximate surface area is 207 Å². The van der Waals surface area contributed by atoms with Gasteiger partial charge >= 0.3 is 0 Å². The largest absolute Gasteiger partial charge is 0.379 e. The summed E-state index contributed by atoms with van der Waals surface area (Å²) in [4.78, 5) is 16.4. The van der Waals surface area contributed by atoms with Gasteiger partial charge in [-0.2, -0.15) is 4.31 Å². The minimum Gasteiger partial charge on any atom is -0.379 e. The summed E-state index contributed by atoms with van der Waals surface area (Å²) in [5, 5.41) is 5.01. The number of benzene rings is 1. The maximum absolute atomic E-state index is 13.1. The molecule has 1 atom stereocenters. The Morgan fingerprint density at radius 3 is 2.36 bits per heavy atom. The first-order chi connectivity index (χ1) is 15.9. The molecule has 1 aromatic heterocycles. The molecule has 8 nitrogen and oxygen atoms in total. The van der Waals surface area contributed by atoms with E-state index in [1.54, 1.807) is 11.3 Å². The molecule has 4 rings (SSSR count). The predicted octanol–water partition coefficient (Wildman–Crippen LogP) is 2.88. The number of thiophene rings is 1. The molecule has 1 aromatic carbocycles. The van der Waals surface area contributed by atoms with Crippen molar-refractivity contribution in [2.45, 2.75) is 10.9 Å². The molecule has 3 heterocycles. The van der Waals surface area contributed by atoms with E-state index in [0.717, 1.165) is 18.0 Å². The zero-order chi connectivity index (χ0) is 23.4. The third-order valence-corrected chi connectivity index (χ3v) is 9.32. The van der Waals surface area contributed by atoms with Crippen LogP contribution in [-0.4, -0.2) is 82.7 Å². The van der Waals surface area contributed by atoms with Gasteiger partial charge in [-0.3, -0.25) is 9.69 Å². The van der Waals surface area contributed by atoms with E-state index in [1.807, 2.05) is 17.5 Å². The Hall–Kier alpha value is -1.24. The second kappa shape index (κ2) is 11.0. The van der Waals surface area contributed by atoms with Gasteiger partial charge < -0.3 is 14.8 Å². The van der Waals surface area contributed by atoms with Crippen molar-refractivity contribution in [2.24, 2.45) is 0 Å². The average Bonchev–Trinajstić information content (AvgIpc) is 3.35. The van der Waals surface area contributed by atoms with E-state index in [0.29, 0.717) is 33.0 Å². The third-order valence-electron chi connectivity index (χ3n) is 5.67. The van der Waals surface area contributed by atoms with Gasteiger partial charge in [0.25, 0.3) is 5.91 Å². The van der Waals surface area contributed by atoms with Gasteiger partial charge in [0, 0.05) is 37.6 Å². The molecule has 2 fully saturated rings. The first-order valence-corrected chi connectivity index (χ1v) is 13.7. The summed E-state index contributed by atoms with van der Waals surface area (Å²) in [7, 11) is -3.89. The van der Waals surface area contributed by atoms with Crippen LogP contribution in [0.2, 0.25) is 10.0 Å². The summed E-state index contributed by atoms with van der Waals surface area (Å²) in [6, 6.07) is 6.58. The van der Waals surface area contributed by atoms with Gasteiger partial charge in [0.15, 0.2) is 0 Å². The van der Waals surface area contributed by atoms with Crippen LogP contribution in [0.25, 0.3) is 0 Å². The SMILES string of the molecule is O=C(NC[C@@H](c1cccs1)N1CCOCC1)c1cc(S(=O)(=O)N2CCOCC2)c(Cl)cc1Cl. The number of hydrogen-bond acceptors (Lipinski definition) is 7. The standard InChI is InChI=1S/C21H25Cl2N3O5S2/c22-16-13-17(23)20(33(28,29)26-5-9-31-10-6-26)12-15(16)21(27)24-14-18(19-2-1-11-32-19)25-3-7-30-8-4-25/h1-2,11-13,18H,3-10,14H2,(H,24,27)/t18-/m0/s1. The van der Waals surface area contributed by atoms with Gasteiger partial charge in [-0.1, -0.05) is 29.3 Å². The smallest absolute Gasteiger partial charge is 0.252 e. The molecule has 0 saturated carbocycles. The molecule has 2 aliphatic rings. The Balaban J connectivity index is 1.54. The van der Waals surface area contributed by atoms with Gasteiger partial charge in [0.1, 0.15) is 4.90 Å². The van der Waals surface area contributed by atoms with Gasteiger partial charge in [-0.05, 0) is 23.6 Å². The van der Waals surface area contributed by atoms with E-state index in [4.69, 9.17) is 32.7 Å². The summed E-state index contributed by atoms with van der Waals surface area (Å²) >= 11 is 14.2. The lowest BCUT2D eigenvalue weighted by Gasteiger charge is -2.34. The highest BCUT2D eigenvalue weighted by Crippen LogP contribution is 2.31. The molecule has 2 aromatic rings. The second-order valence-corrected chi connectivity index (χ2v) is 11.4. The Morgan fingerprint density at radius 2 is 1.73 bits per heavy atom. The fraction of sp³-hybridized carbons (Fsp3) is 0.476. The highest BCUT2D eigenvalue weighted by Gasteiger charge is 2.30. The average molecular weight is 534 g/mol. The number of amides is 1. The lowest BCUT2D eigenvalue weighted by molar-refractivity contribution is 0.0169. The van der Waals surface area contributed by atoms with E-state index in [1.165, 1.54) is 16.4 Å². The maximum atomic E-state index is 13.1. The van der Waals surface area contributed by atoms with Crippen molar-refractivity contribution in [1.82, 2.24) is 14.5 Å². The minimum absolute atomic E-state index is 0.0134. The zero-order valence-corrected chi connectivity index (χ0v) is 21.0. The monoisotopic (exact) mass is 533 g/mol. The first kappa shape index (κ1) is 24.9. The molecule has 2 aliphatic heterocycles. The molecule has 1 N–H and O–H groups in total. The summed E-state index contributed by atoms with van der Waals surface area (Å²) < 4.78 is 38.2. The number of nitrogens with one attached hydrogen (secondary N) is 1. The predicted molar refractivity (Wildman–Crippen MR) is 128 cm³/mol. The topological polar surface area (TPSA) is 88.2 Å². The lowest BCUT2D eigenvalue weighted by Crippen LogP contribution is -2.43. The highest BCUT2D eigenvalue weighted by atomic mass is 35.5. The summed E-state index contributed by atoms with van der Waals surface area (Å²) in [6.07, 6.45) is 0. The second-order valence-electron chi connectivity index (χ2n) is 7.67. The van der Waals surface area contributed by atoms with Crippen LogP contribution in [0.1, 0.15) is 21.3 Å². The molecule has 180 valence electrons. The molecular weight excluding hydrogens is 509 g/mol. The van der Waals surface area contributed by atoms with Gasteiger partial charge in [-0.25, -0.2) is 8.42 Å². The fourth-order valence-corrected chi connectivity index (χ4v) is 6.99. The van der Waals surface area contributed by atoms with Crippen LogP contribution in [0.5, 0.6) is 0 Å². The van der Waals surface area contributed by atoms with Crippen molar-refractivity contribution in [3.63, 3.8) is 0 Å². The van der Waals surface area contributed by atoms with Crippen LogP contribution in [0.3, 0.4) is 0 Å². The number of sulfonamides is 1. The molecule has 2 saturated heterocycles. The molecule has 0 aliphatic carbocycles. The normalized spacial score (nSPS) is 19.3. The Bertz CT molecular complexity index is 1070. The number of ether oxygens (including phenoxy) is 2. The van der Waals surface area contributed by atoms with Crippen molar-refractivity contribution in [1.29, 1.82) is 0 Å². The minimum atomic E-state index is -3.89. The van der Waals surface area contributed by atoms with Gasteiger partial charge in [0.2, 0.25) is 10.0 Å². The van der Waals surface area contributed by atoms with Crippen LogP contribution in [0.15, 0.2) is 34.5 Å². The van der Waals surface area contributed by atoms with Crippen molar-refractivity contribution in [3.8, 4) is 0 Å². The third kappa shape index (κ3) is 5.71. The molecule has 0 bridgehead atoms. The van der Waals surface area contributed by atoms with E-state index in [2.05, 4.69) is 10.2 Å². The van der Waals surface area contributed by atoms with Crippen molar-refractivity contribution in [2.75, 3.05) is 59.2 Å². The van der Waals surface area contributed by atoms with Crippen molar-refractivity contribution >= 4 is 50.5 Å². The number of rotatable bonds is 7. The maximum Gasteiger partial charge on any atom is 0.252 e.